The van der Waals surface area contributed by atoms with Gasteiger partial charge in [0.1, 0.15) is 0 Å². The van der Waals surface area contributed by atoms with Crippen molar-refractivity contribution < 1.29 is 52.2 Å². The second kappa shape index (κ2) is 5060. The van der Waals surface area contributed by atoms with Crippen molar-refractivity contribution in [3.05, 3.63) is 39.4 Å². The average Bonchev–Trinajstić information content (AvgIpc) is 2.53. The van der Waals surface area contributed by atoms with E-state index in [0.717, 1.165) is 0 Å². The van der Waals surface area contributed by atoms with Gasteiger partial charge in [-0.2, -0.15) is 0 Å². The predicted octanol–water partition coefficient (Wildman–Crippen LogP) is 0.333. The van der Waals surface area contributed by atoms with Crippen molar-refractivity contribution in [2.24, 2.45) is 0 Å². The Bertz CT molecular complexity index is 182. The quantitative estimate of drug-likeness (QED) is 0.444. The molecule has 0 heterocycles. The molecule has 0 unspecified atom stereocenters. The molecule has 0 fully saturated rings. The number of nitrogens with zero attached hydrogens (tertiary/aromatic N) is 6. The summed E-state index contributed by atoms with van der Waals surface area (Å²) in [7, 11) is 0. The van der Waals surface area contributed by atoms with Gasteiger partial charge in [-0.05, 0) is 0 Å². The molecule has 0 spiro atoms. The fourth-order valence-corrected chi connectivity index (χ4v) is 0. The zero-order chi connectivity index (χ0) is 16.7. The molecule has 0 radical (unpaired) electrons. The van der Waals surface area contributed by atoms with Crippen molar-refractivity contribution in [2.75, 3.05) is 0 Å². The zero-order valence-corrected chi connectivity index (χ0v) is 11.5. The predicted molar refractivity (Wildman–Crippen MR) is 31.2 cm³/mol. The van der Waals surface area contributed by atoms with Crippen LogP contribution in [0.3, 0.4) is 0 Å². The third-order valence-corrected chi connectivity index (χ3v) is 0. The van der Waals surface area contributed by atoms with Crippen molar-refractivity contribution in [3.63, 3.8) is 0 Å². The molecule has 0 aliphatic rings. The molecule has 0 N–H and O–H groups in total. The van der Waals surface area contributed by atoms with Crippen LogP contribution in [-0.4, -0.2) is 0 Å². The fourth-order valence-electron chi connectivity index (χ4n) is 0. The van der Waals surface area contributed by atoms with Crippen LogP contribution in [-0.2, 0) is 52.2 Å². The molecule has 0 aliphatic carbocycles. The molecule has 0 rings (SSSR count). The van der Waals surface area contributed by atoms with Gasteiger partial charge in [0.05, 0.1) is 0 Å². The van der Waals surface area contributed by atoms with Gasteiger partial charge in [0.2, 0.25) is 0 Å². The van der Waals surface area contributed by atoms with Crippen LogP contribution in [0.25, 0.3) is 0 Å². The molecule has 0 saturated heterocycles. The van der Waals surface area contributed by atoms with Gasteiger partial charge in [0, 0.05) is 0 Å². The van der Waals surface area contributed by atoms with Crippen LogP contribution >= 0.6 is 0 Å². The second-order valence-corrected chi connectivity index (χ2v) is 1.23. The molecule has 11 heteroatoms. The molecular weight excluding hydrogens is 348 g/mol. The summed E-state index contributed by atoms with van der Waals surface area (Å²) in [6.45, 7) is 28.5. The molecule has 0 saturated carbocycles. The summed E-state index contributed by atoms with van der Waals surface area (Å²) in [5.41, 5.74) is 0. The van der Waals surface area contributed by atoms with Gasteiger partial charge in [-0.3, -0.25) is 0 Å². The molecule has 0 amide bonds. The maximum atomic E-state index is 8.94. The normalized spacial score (nSPS) is 1.53. The van der Waals surface area contributed by atoms with E-state index in [4.69, 9.17) is 78.2 Å². The van der Waals surface area contributed by atoms with Crippen LogP contribution in [0, 0.1) is 71.0 Å². The minimum absolute atomic E-state index is 1.00. The standard InChI is InChI=1S/6CN.2Fe.2O.Ti/c6*1-2;;;;;/q6*-1;;;;;. The Balaban J connectivity index is -0.00000000914. The van der Waals surface area contributed by atoms with Crippen molar-refractivity contribution in [1.82, 2.24) is 0 Å². The van der Waals surface area contributed by atoms with Crippen LogP contribution in [0.5, 0.6) is 0 Å². The molecule has 0 aliphatic heterocycles. The van der Waals surface area contributed by atoms with Crippen LogP contribution in [0.2, 0.25) is 0 Å². The fraction of sp³-hybridized carbons (Fsp3) is 0. The summed E-state index contributed by atoms with van der Waals surface area (Å²) in [6, 6.07) is 0. The van der Waals surface area contributed by atoms with E-state index in [9.17, 15) is 0 Å². The number of hydrogen-bond acceptors (Lipinski definition) is 8. The molecule has 92 valence electrons. The summed E-state index contributed by atoms with van der Waals surface area (Å²) in [5, 5.41) is 37.5. The van der Waals surface area contributed by atoms with Crippen LogP contribution in [0.15, 0.2) is 0 Å². The van der Waals surface area contributed by atoms with E-state index in [1.54, 1.807) is 0 Å². The van der Waals surface area contributed by atoms with Crippen molar-refractivity contribution in [3.8, 4) is 0 Å². The Labute approximate surface area is 123 Å². The first-order chi connectivity index (χ1) is 8.41. The maximum absolute atomic E-state index is 8.94. The molecule has 17 heavy (non-hydrogen) atoms. The van der Waals surface area contributed by atoms with E-state index in [0.29, 0.717) is 0 Å². The van der Waals surface area contributed by atoms with E-state index in [-0.39, 0.29) is 0 Å². The first kappa shape index (κ1) is 58.7. The molecule has 0 aromatic carbocycles. The summed E-state index contributed by atoms with van der Waals surface area (Å²) >= 11 is 4.06. The van der Waals surface area contributed by atoms with Gasteiger partial charge in [-0.15, -0.1) is 0 Å². The van der Waals surface area contributed by atoms with Gasteiger partial charge in [0.15, 0.2) is 0 Å². The summed E-state index contributed by atoms with van der Waals surface area (Å²) < 4.78 is 16.9. The van der Waals surface area contributed by atoms with E-state index < -0.39 is 16.4 Å². The van der Waals surface area contributed by atoms with Gasteiger partial charge in [-0.1, -0.05) is 0 Å². The first-order valence-electron chi connectivity index (χ1n) is 1.87. The van der Waals surface area contributed by atoms with Crippen LogP contribution < -0.4 is 0 Å². The van der Waals surface area contributed by atoms with Gasteiger partial charge < -0.3 is 71.0 Å². The molecule has 8 nitrogen and oxygen atoms in total. The third-order valence-electron chi connectivity index (χ3n) is 0. The Morgan fingerprint density at radius 3 is 0.588 bits per heavy atom. The Hall–Kier alpha value is -1.71. The zero-order valence-electron chi connectivity index (χ0n) is 7.71. The molecule has 0 aromatic heterocycles. The average molecular weight is 348 g/mol. The topological polar surface area (TPSA) is 177 Å². The van der Waals surface area contributed by atoms with Crippen LogP contribution in [0.1, 0.15) is 0 Å². The van der Waals surface area contributed by atoms with Gasteiger partial charge in [-0.25, -0.2) is 0 Å². The van der Waals surface area contributed by atoms with E-state index in [2.05, 4.69) is 12.7 Å². The van der Waals surface area contributed by atoms with Crippen molar-refractivity contribution >= 4 is 0 Å². The Morgan fingerprint density at radius 1 is 0.588 bits per heavy atom. The summed E-state index contributed by atoms with van der Waals surface area (Å²) in [5.74, 6) is 0. The van der Waals surface area contributed by atoms with Gasteiger partial charge in [0.25, 0.3) is 0 Å². The first-order valence-corrected chi connectivity index (χ1v) is 5.78. The molecule has 0 aromatic rings. The third kappa shape index (κ3) is 742. The van der Waals surface area contributed by atoms with Crippen molar-refractivity contribution in [2.45, 2.75) is 0 Å². The minimum atomic E-state index is -1.00. The second-order valence-electron chi connectivity index (χ2n) is 0.0722. The molecular formula is C6Fe2N6O2Ti-6. The van der Waals surface area contributed by atoms with Crippen LogP contribution in [0.4, 0.5) is 0 Å². The van der Waals surface area contributed by atoms with E-state index in [1.165, 1.54) is 0 Å². The SMILES string of the molecule is [C-]#N.[C-]#N.[C-]#N.[C-]#N.[C-]#N.[C-]#N.[O]=[Fe].[O]=[Ti]=[Fe]. The number of rotatable bonds is 0. The Kier molecular flexibility index (Phi) is 17500. The summed E-state index contributed by atoms with van der Waals surface area (Å²) in [4.78, 5) is 0. The summed E-state index contributed by atoms with van der Waals surface area (Å²) in [6.07, 6.45) is 0. The number of hydrogen-bond donors (Lipinski definition) is 0. The monoisotopic (exact) mass is 348 g/mol. The van der Waals surface area contributed by atoms with E-state index >= 15 is 0 Å². The van der Waals surface area contributed by atoms with Gasteiger partial charge >= 0.3 is 52.2 Å². The molecule has 0 bridgehead atoms. The Morgan fingerprint density at radius 2 is 0.588 bits per heavy atom. The molecule has 0 atom stereocenters. The van der Waals surface area contributed by atoms with Crippen molar-refractivity contribution in [1.29, 1.82) is 31.6 Å². The van der Waals surface area contributed by atoms with E-state index in [1.807, 2.05) is 15.9 Å².